The van der Waals surface area contributed by atoms with Crippen LogP contribution in [0.4, 0.5) is 0 Å². The Hall–Kier alpha value is -1.03. The summed E-state index contributed by atoms with van der Waals surface area (Å²) in [6, 6.07) is 0. The molecule has 36 heavy (non-hydrogen) atoms. The molecule has 0 amide bonds. The highest BCUT2D eigenvalue weighted by molar-refractivity contribution is 5.79. The van der Waals surface area contributed by atoms with Crippen LogP contribution in [0.1, 0.15) is 66.2 Å². The van der Waals surface area contributed by atoms with Gasteiger partial charge in [-0.15, -0.1) is 0 Å². The van der Waals surface area contributed by atoms with Gasteiger partial charge < -0.3 is 35.7 Å². The lowest BCUT2D eigenvalue weighted by Crippen LogP contribution is -2.75. The molecule has 0 heterocycles. The van der Waals surface area contributed by atoms with Crippen molar-refractivity contribution in [3.8, 4) is 0 Å². The van der Waals surface area contributed by atoms with E-state index in [1.54, 1.807) is 0 Å². The molecule has 13 atom stereocenters. The average Bonchev–Trinajstić information content (AvgIpc) is 2.83. The second-order valence-corrected chi connectivity index (χ2v) is 13.8. The Kier molecular flexibility index (Phi) is 6.08. The molecule has 0 bridgehead atoms. The summed E-state index contributed by atoms with van der Waals surface area (Å²) < 4.78 is 0. The lowest BCUT2D eigenvalue weighted by atomic mass is 9.38. The minimum absolute atomic E-state index is 0.000450. The molecule has 4 fully saturated rings. The predicted octanol–water partition coefficient (Wildman–Crippen LogP) is 1.31. The summed E-state index contributed by atoms with van der Waals surface area (Å²) in [5, 5.41) is 76.7. The third-order valence-corrected chi connectivity index (χ3v) is 12.1. The van der Waals surface area contributed by atoms with Gasteiger partial charge in [-0.2, -0.15) is 0 Å². The average molecular weight is 509 g/mol. The van der Waals surface area contributed by atoms with E-state index < -0.39 is 64.1 Å². The molecule has 0 aromatic carbocycles. The smallest absolute Gasteiger partial charge is 0.315 e. The van der Waals surface area contributed by atoms with Crippen LogP contribution >= 0.6 is 0 Å². The molecule has 7 N–H and O–H groups in total. The van der Waals surface area contributed by atoms with Crippen LogP contribution in [0.25, 0.3) is 0 Å². The molecular formula is C28H44O8. The molecule has 5 rings (SSSR count). The van der Waals surface area contributed by atoms with E-state index >= 15 is 0 Å². The van der Waals surface area contributed by atoms with Crippen molar-refractivity contribution in [1.82, 2.24) is 0 Å². The van der Waals surface area contributed by atoms with Gasteiger partial charge in [-0.1, -0.05) is 39.3 Å². The lowest BCUT2D eigenvalue weighted by molar-refractivity contribution is -0.262. The lowest BCUT2D eigenvalue weighted by Gasteiger charge is -2.67. The van der Waals surface area contributed by atoms with Gasteiger partial charge in [0.2, 0.25) is 0 Å². The van der Waals surface area contributed by atoms with Gasteiger partial charge in [0.25, 0.3) is 0 Å². The van der Waals surface area contributed by atoms with E-state index in [0.717, 1.165) is 24.8 Å². The van der Waals surface area contributed by atoms with Crippen molar-refractivity contribution in [3.05, 3.63) is 11.6 Å². The van der Waals surface area contributed by atoms with Gasteiger partial charge in [0.15, 0.2) is 0 Å². The molecule has 0 aromatic heterocycles. The summed E-state index contributed by atoms with van der Waals surface area (Å²) in [6.07, 6.45) is -0.778. The van der Waals surface area contributed by atoms with Crippen molar-refractivity contribution in [1.29, 1.82) is 0 Å². The Morgan fingerprint density at radius 2 is 1.47 bits per heavy atom. The van der Waals surface area contributed by atoms with Gasteiger partial charge in [-0.25, -0.2) is 0 Å². The van der Waals surface area contributed by atoms with Crippen LogP contribution in [0.3, 0.4) is 0 Å². The number of fused-ring (bicyclic) bond motifs is 7. The predicted molar refractivity (Wildman–Crippen MR) is 130 cm³/mol. The van der Waals surface area contributed by atoms with E-state index in [1.165, 1.54) is 0 Å². The zero-order valence-electron chi connectivity index (χ0n) is 21.8. The molecule has 4 saturated carbocycles. The maximum atomic E-state index is 12.8. The maximum Gasteiger partial charge on any atom is 0.315 e. The van der Waals surface area contributed by atoms with Gasteiger partial charge in [-0.3, -0.25) is 4.79 Å². The van der Waals surface area contributed by atoms with Gasteiger partial charge >= 0.3 is 5.97 Å². The van der Waals surface area contributed by atoms with Crippen LogP contribution in [0.5, 0.6) is 0 Å². The summed E-state index contributed by atoms with van der Waals surface area (Å²) in [6.45, 7) is 7.45. The first-order valence-electron chi connectivity index (χ1n) is 13.7. The second kappa shape index (κ2) is 8.23. The van der Waals surface area contributed by atoms with E-state index in [9.17, 15) is 40.5 Å². The maximum absolute atomic E-state index is 12.8. The molecule has 8 nitrogen and oxygen atoms in total. The normalized spacial score (nSPS) is 55.9. The number of aliphatic hydroxyl groups is 6. The van der Waals surface area contributed by atoms with Crippen molar-refractivity contribution in [2.45, 2.75) is 96.7 Å². The topological polar surface area (TPSA) is 159 Å². The third kappa shape index (κ3) is 3.00. The van der Waals surface area contributed by atoms with Gasteiger partial charge in [0.1, 0.15) is 11.5 Å². The molecular weight excluding hydrogens is 464 g/mol. The molecule has 5 aliphatic carbocycles. The number of hydrogen-bond acceptors (Lipinski definition) is 7. The fourth-order valence-electron chi connectivity index (χ4n) is 9.91. The molecule has 0 radical (unpaired) electrons. The Morgan fingerprint density at radius 3 is 2.08 bits per heavy atom. The standard InChI is InChI=1S/C28H44O8/c1-25(2)11-18-17-7-5-14-13-6-10-19(30)26(3,12-29)15(13)8-9-16(14)27(17,4)21(32)23(34)28(18,24(35)36)22(33)20(25)31/h7,13-16,18-23,29-34H,5-6,8-12H2,1-4H3,(H,35,36)/t13?,14?,15?,16?,18?,19-,20-,21-,22-,23+,26+,27-,28-/m0/s1. The SMILES string of the molecule is CC1(C)CC2C3=CCC4C5CC[C@H](O)[C@](C)(CO)C5CCC4[C@]3(C)[C@@H](O)[C@@H](O)[C@@]2(C(=O)O)[C@@H](O)[C@@H]1O. The molecule has 0 aliphatic heterocycles. The van der Waals surface area contributed by atoms with Gasteiger partial charge in [0, 0.05) is 16.7 Å². The first kappa shape index (κ1) is 26.6. The summed E-state index contributed by atoms with van der Waals surface area (Å²) in [5.41, 5.74) is -3.52. The Labute approximate surface area is 213 Å². The Morgan fingerprint density at radius 1 is 0.861 bits per heavy atom. The minimum Gasteiger partial charge on any atom is -0.481 e. The third-order valence-electron chi connectivity index (χ3n) is 12.1. The highest BCUT2D eigenvalue weighted by atomic mass is 16.4. The zero-order valence-corrected chi connectivity index (χ0v) is 21.8. The number of aliphatic carboxylic acids is 1. The highest BCUT2D eigenvalue weighted by Gasteiger charge is 2.74. The summed E-state index contributed by atoms with van der Waals surface area (Å²) in [7, 11) is 0. The number of carbonyl (C=O) groups is 1. The van der Waals surface area contributed by atoms with Crippen molar-refractivity contribution < 1.29 is 40.5 Å². The van der Waals surface area contributed by atoms with E-state index in [1.807, 2.05) is 27.7 Å². The van der Waals surface area contributed by atoms with Gasteiger partial charge in [-0.05, 0) is 67.6 Å². The number of carboxylic acid groups (broad SMARTS) is 1. The molecule has 204 valence electrons. The summed E-state index contributed by atoms with van der Waals surface area (Å²) in [4.78, 5) is 12.8. The van der Waals surface area contributed by atoms with E-state index in [4.69, 9.17) is 0 Å². The first-order chi connectivity index (χ1) is 16.7. The second-order valence-electron chi connectivity index (χ2n) is 13.8. The number of allylic oxidation sites excluding steroid dienone is 1. The van der Waals surface area contributed by atoms with Crippen molar-refractivity contribution in [2.75, 3.05) is 6.61 Å². The van der Waals surface area contributed by atoms with Crippen LogP contribution in [0.15, 0.2) is 11.6 Å². The van der Waals surface area contributed by atoms with E-state index in [-0.39, 0.29) is 36.7 Å². The number of hydrogen-bond donors (Lipinski definition) is 7. The van der Waals surface area contributed by atoms with E-state index in [0.29, 0.717) is 12.8 Å². The fourth-order valence-corrected chi connectivity index (χ4v) is 9.91. The molecule has 0 spiro atoms. The van der Waals surface area contributed by atoms with Crippen molar-refractivity contribution in [3.63, 3.8) is 0 Å². The quantitative estimate of drug-likeness (QED) is 0.275. The minimum atomic E-state index is -2.09. The molecule has 8 heteroatoms. The number of carboxylic acids is 1. The Bertz CT molecular complexity index is 948. The van der Waals surface area contributed by atoms with Crippen LogP contribution in [-0.4, -0.2) is 78.8 Å². The summed E-state index contributed by atoms with van der Waals surface area (Å²) in [5.74, 6) is -1.52. The molecule has 0 saturated heterocycles. The largest absolute Gasteiger partial charge is 0.481 e. The number of rotatable bonds is 2. The van der Waals surface area contributed by atoms with Crippen LogP contribution < -0.4 is 0 Å². The molecule has 5 unspecified atom stereocenters. The van der Waals surface area contributed by atoms with Crippen LogP contribution in [0, 0.1) is 51.2 Å². The Balaban J connectivity index is 1.61. The summed E-state index contributed by atoms with van der Waals surface area (Å²) >= 11 is 0. The van der Waals surface area contributed by atoms with Crippen molar-refractivity contribution in [2.24, 2.45) is 51.2 Å². The van der Waals surface area contributed by atoms with Crippen LogP contribution in [0.2, 0.25) is 0 Å². The van der Waals surface area contributed by atoms with Gasteiger partial charge in [0.05, 0.1) is 31.0 Å². The van der Waals surface area contributed by atoms with Crippen LogP contribution in [-0.2, 0) is 4.79 Å². The van der Waals surface area contributed by atoms with E-state index in [2.05, 4.69) is 6.08 Å². The zero-order chi connectivity index (χ0) is 26.6. The molecule has 5 aliphatic rings. The number of aliphatic hydroxyl groups excluding tert-OH is 6. The first-order valence-corrected chi connectivity index (χ1v) is 13.7. The monoisotopic (exact) mass is 508 g/mol. The van der Waals surface area contributed by atoms with Crippen molar-refractivity contribution >= 4 is 5.97 Å². The molecule has 0 aromatic rings. The highest BCUT2D eigenvalue weighted by Crippen LogP contribution is 2.69. The fraction of sp³-hybridized carbons (Fsp3) is 0.893.